The van der Waals surface area contributed by atoms with Crippen LogP contribution in [0.25, 0.3) is 0 Å². The summed E-state index contributed by atoms with van der Waals surface area (Å²) < 4.78 is 5.32. The summed E-state index contributed by atoms with van der Waals surface area (Å²) in [5, 5.41) is 14.5. The number of nitrogens with one attached hydrogen (secondary N) is 1. The third-order valence-corrected chi connectivity index (χ3v) is 3.87. The molecule has 0 radical (unpaired) electrons. The molecule has 1 heterocycles. The molecule has 1 amide bonds. The molecule has 2 atom stereocenters. The van der Waals surface area contributed by atoms with Crippen molar-refractivity contribution in [3.8, 4) is 0 Å². The molecule has 0 spiro atoms. The second-order valence-electron chi connectivity index (χ2n) is 4.85. The molecule has 1 aliphatic heterocycles. The first-order valence-corrected chi connectivity index (χ1v) is 7.30. The number of hydrogen-bond donors (Lipinski definition) is 1. The number of carbonyl (C=O) groups is 2. The first-order valence-electron chi connectivity index (χ1n) is 6.54. The van der Waals surface area contributed by atoms with Crippen LogP contribution in [-0.4, -0.2) is 24.6 Å². The highest BCUT2D eigenvalue weighted by atomic mass is 35.5. The van der Waals surface area contributed by atoms with Crippen molar-refractivity contribution in [2.75, 3.05) is 11.9 Å². The van der Waals surface area contributed by atoms with Crippen LogP contribution in [0.2, 0.25) is 10.0 Å². The lowest BCUT2D eigenvalue weighted by molar-refractivity contribution is -0.314. The van der Waals surface area contributed by atoms with Gasteiger partial charge in [-0.2, -0.15) is 0 Å². The molecule has 0 bridgehead atoms. The van der Waals surface area contributed by atoms with E-state index in [2.05, 4.69) is 5.32 Å². The van der Waals surface area contributed by atoms with Crippen molar-refractivity contribution >= 4 is 40.8 Å². The number of carbonyl (C=O) groups excluding carboxylic acids is 2. The molecule has 0 aliphatic carbocycles. The molecule has 2 rings (SSSR count). The number of amides is 1. The fourth-order valence-electron chi connectivity index (χ4n) is 2.28. The van der Waals surface area contributed by atoms with Crippen molar-refractivity contribution in [3.05, 3.63) is 28.2 Å². The summed E-state index contributed by atoms with van der Waals surface area (Å²) in [7, 11) is 0. The zero-order valence-electron chi connectivity index (χ0n) is 11.1. The molecule has 114 valence electrons. The Bertz CT molecular complexity index is 544. The van der Waals surface area contributed by atoms with Gasteiger partial charge in [-0.3, -0.25) is 4.79 Å². The minimum Gasteiger partial charge on any atom is -0.550 e. The maximum atomic E-state index is 12.0. The van der Waals surface area contributed by atoms with E-state index < -0.39 is 23.9 Å². The molecule has 1 aromatic rings. The third-order valence-electron chi connectivity index (χ3n) is 3.33. The van der Waals surface area contributed by atoms with E-state index in [-0.39, 0.29) is 11.4 Å². The highest BCUT2D eigenvalue weighted by molar-refractivity contribution is 6.36. The predicted octanol–water partition coefficient (Wildman–Crippen LogP) is 1.87. The van der Waals surface area contributed by atoms with Crippen molar-refractivity contribution in [2.45, 2.75) is 25.4 Å². The van der Waals surface area contributed by atoms with Crippen LogP contribution in [0.5, 0.6) is 0 Å². The monoisotopic (exact) mass is 330 g/mol. The van der Waals surface area contributed by atoms with Crippen molar-refractivity contribution < 1.29 is 19.4 Å². The molecule has 1 fully saturated rings. The Morgan fingerprint density at radius 3 is 2.76 bits per heavy atom. The number of halogens is 2. The zero-order valence-corrected chi connectivity index (χ0v) is 12.6. The van der Waals surface area contributed by atoms with Crippen LogP contribution in [-0.2, 0) is 14.3 Å². The second kappa shape index (κ2) is 7.11. The molecule has 0 aromatic heterocycles. The topological polar surface area (TPSA) is 78.5 Å². The highest BCUT2D eigenvalue weighted by Gasteiger charge is 2.29. The van der Waals surface area contributed by atoms with Gasteiger partial charge in [-0.05, 0) is 31.0 Å². The normalized spacial score (nSPS) is 19.2. The molecule has 21 heavy (non-hydrogen) atoms. The SMILES string of the molecule is O=C(C[C@H](C(=O)[O-])[C@@H]1CCCO1)Nc1ccc(Cl)cc1Cl. The molecular formula is C14H14Cl2NO4-. The lowest BCUT2D eigenvalue weighted by Crippen LogP contribution is -2.40. The lowest BCUT2D eigenvalue weighted by atomic mass is 9.96. The fourth-order valence-corrected chi connectivity index (χ4v) is 2.73. The van der Waals surface area contributed by atoms with Gasteiger partial charge in [0.05, 0.1) is 16.8 Å². The van der Waals surface area contributed by atoms with Crippen molar-refractivity contribution in [3.63, 3.8) is 0 Å². The summed E-state index contributed by atoms with van der Waals surface area (Å²) in [6, 6.07) is 4.64. The molecule has 0 unspecified atom stereocenters. The van der Waals surface area contributed by atoms with Gasteiger partial charge in [0.25, 0.3) is 0 Å². The molecule has 1 aliphatic rings. The molecular weight excluding hydrogens is 317 g/mol. The highest BCUT2D eigenvalue weighted by Crippen LogP contribution is 2.27. The van der Waals surface area contributed by atoms with Crippen LogP contribution in [0, 0.1) is 5.92 Å². The average Bonchev–Trinajstić information content (AvgIpc) is 2.92. The number of ether oxygens (including phenoxy) is 1. The van der Waals surface area contributed by atoms with E-state index in [0.717, 1.165) is 6.42 Å². The number of carboxylic acids is 1. The van der Waals surface area contributed by atoms with Gasteiger partial charge in [0.1, 0.15) is 0 Å². The number of anilines is 1. The number of aliphatic carboxylic acids is 1. The van der Waals surface area contributed by atoms with Crippen LogP contribution in [0.3, 0.4) is 0 Å². The molecule has 0 saturated carbocycles. The number of hydrogen-bond acceptors (Lipinski definition) is 4. The fraction of sp³-hybridized carbons (Fsp3) is 0.429. The first kappa shape index (κ1) is 16.1. The minimum atomic E-state index is -1.28. The largest absolute Gasteiger partial charge is 0.550 e. The maximum absolute atomic E-state index is 12.0. The lowest BCUT2D eigenvalue weighted by Gasteiger charge is -2.23. The summed E-state index contributed by atoms with van der Waals surface area (Å²) in [6.45, 7) is 0.513. The van der Waals surface area contributed by atoms with Gasteiger partial charge in [0.2, 0.25) is 5.91 Å². The number of benzene rings is 1. The first-order chi connectivity index (χ1) is 9.97. The third kappa shape index (κ3) is 4.33. The van der Waals surface area contributed by atoms with Gasteiger partial charge >= 0.3 is 0 Å². The Hall–Kier alpha value is -1.30. The van der Waals surface area contributed by atoms with Gasteiger partial charge in [0.15, 0.2) is 0 Å². The van der Waals surface area contributed by atoms with Gasteiger partial charge < -0.3 is 20.0 Å². The summed E-state index contributed by atoms with van der Waals surface area (Å²) >= 11 is 11.7. The summed E-state index contributed by atoms with van der Waals surface area (Å²) in [5.41, 5.74) is 0.385. The van der Waals surface area contributed by atoms with E-state index in [9.17, 15) is 14.7 Å². The Balaban J connectivity index is 2.00. The number of rotatable bonds is 5. The Labute approximate surface area is 132 Å². The number of carboxylic acid groups (broad SMARTS) is 1. The molecule has 1 saturated heterocycles. The van der Waals surface area contributed by atoms with Crippen LogP contribution in [0.1, 0.15) is 19.3 Å². The summed E-state index contributed by atoms with van der Waals surface area (Å²) in [6.07, 6.45) is 0.722. The Kier molecular flexibility index (Phi) is 5.45. The average molecular weight is 331 g/mol. The Morgan fingerprint density at radius 2 is 2.19 bits per heavy atom. The minimum absolute atomic E-state index is 0.216. The Morgan fingerprint density at radius 1 is 1.43 bits per heavy atom. The van der Waals surface area contributed by atoms with E-state index in [0.29, 0.717) is 23.7 Å². The maximum Gasteiger partial charge on any atom is 0.225 e. The molecule has 7 heteroatoms. The van der Waals surface area contributed by atoms with Crippen LogP contribution in [0.15, 0.2) is 18.2 Å². The van der Waals surface area contributed by atoms with E-state index in [1.807, 2.05) is 0 Å². The van der Waals surface area contributed by atoms with E-state index in [4.69, 9.17) is 27.9 Å². The van der Waals surface area contributed by atoms with Crippen molar-refractivity contribution in [1.29, 1.82) is 0 Å². The van der Waals surface area contributed by atoms with E-state index in [1.165, 1.54) is 6.07 Å². The van der Waals surface area contributed by atoms with E-state index >= 15 is 0 Å². The second-order valence-corrected chi connectivity index (χ2v) is 5.70. The van der Waals surface area contributed by atoms with Crippen molar-refractivity contribution in [1.82, 2.24) is 0 Å². The van der Waals surface area contributed by atoms with Gasteiger partial charge in [-0.15, -0.1) is 0 Å². The summed E-state index contributed by atoms with van der Waals surface area (Å²) in [4.78, 5) is 23.1. The van der Waals surface area contributed by atoms with Crippen LogP contribution >= 0.6 is 23.2 Å². The quantitative estimate of drug-likeness (QED) is 0.893. The van der Waals surface area contributed by atoms with Gasteiger partial charge in [-0.1, -0.05) is 23.2 Å². The zero-order chi connectivity index (χ0) is 15.4. The summed E-state index contributed by atoms with van der Waals surface area (Å²) in [5.74, 6) is -2.69. The van der Waals surface area contributed by atoms with E-state index in [1.54, 1.807) is 12.1 Å². The standard InChI is InChI=1S/C14H15Cl2NO4/c15-8-3-4-11(10(16)6-8)17-13(18)7-9(14(19)20)12-2-1-5-21-12/h3-4,6,9,12H,1-2,5,7H2,(H,17,18)(H,19,20)/p-1/t9-,12-/m0/s1. The predicted molar refractivity (Wildman–Crippen MR) is 77.2 cm³/mol. The van der Waals surface area contributed by atoms with Gasteiger partial charge in [0, 0.05) is 29.9 Å². The van der Waals surface area contributed by atoms with Crippen LogP contribution in [0.4, 0.5) is 5.69 Å². The van der Waals surface area contributed by atoms with Crippen molar-refractivity contribution in [2.24, 2.45) is 5.92 Å². The van der Waals surface area contributed by atoms with Crippen LogP contribution < -0.4 is 10.4 Å². The molecule has 5 nitrogen and oxygen atoms in total. The smallest absolute Gasteiger partial charge is 0.225 e. The molecule has 1 aromatic carbocycles. The van der Waals surface area contributed by atoms with Gasteiger partial charge in [-0.25, -0.2) is 0 Å². The molecule has 1 N–H and O–H groups in total.